The lowest BCUT2D eigenvalue weighted by Gasteiger charge is -1.93. The van der Waals surface area contributed by atoms with Crippen LogP contribution in [-0.2, 0) is 5.75 Å². The predicted molar refractivity (Wildman–Crippen MR) is 61.7 cm³/mol. The van der Waals surface area contributed by atoms with Gasteiger partial charge >= 0.3 is 0 Å². The average Bonchev–Trinajstić information content (AvgIpc) is 2.78. The molecule has 0 N–H and O–H groups in total. The fourth-order valence-corrected chi connectivity index (χ4v) is 1.66. The van der Waals surface area contributed by atoms with Gasteiger partial charge in [0, 0.05) is 5.56 Å². The Kier molecular flexibility index (Phi) is 3.22. The number of aromatic nitrogens is 2. The summed E-state index contributed by atoms with van der Waals surface area (Å²) in [6.45, 7) is 0. The van der Waals surface area contributed by atoms with E-state index in [0.717, 1.165) is 11.3 Å². The molecule has 1 heterocycles. The number of nitrogens with zero attached hydrogens (tertiary/aromatic N) is 3. The van der Waals surface area contributed by atoms with Gasteiger partial charge in [-0.1, -0.05) is 11.2 Å². The Labute approximate surface area is 97.3 Å². The van der Waals surface area contributed by atoms with Gasteiger partial charge in [-0.15, -0.1) is 0 Å². The van der Waals surface area contributed by atoms with Gasteiger partial charge in [0.1, 0.15) is 0 Å². The number of hydrogen-bond acceptors (Lipinski definition) is 5. The van der Waals surface area contributed by atoms with E-state index in [1.807, 2.05) is 12.3 Å². The van der Waals surface area contributed by atoms with Crippen LogP contribution < -0.4 is 0 Å². The van der Waals surface area contributed by atoms with E-state index in [-0.39, 0.29) is 0 Å². The molecule has 0 atom stereocenters. The first kappa shape index (κ1) is 10.7. The highest BCUT2D eigenvalue weighted by atomic mass is 32.2. The van der Waals surface area contributed by atoms with Crippen molar-refractivity contribution < 1.29 is 4.52 Å². The highest BCUT2D eigenvalue weighted by Crippen LogP contribution is 2.19. The zero-order chi connectivity index (χ0) is 11.4. The number of thioether (sulfide) groups is 1. The van der Waals surface area contributed by atoms with Crippen LogP contribution in [0.4, 0.5) is 0 Å². The van der Waals surface area contributed by atoms with Gasteiger partial charge < -0.3 is 4.52 Å². The maximum Gasteiger partial charge on any atom is 0.257 e. The first-order valence-electron chi connectivity index (χ1n) is 4.65. The van der Waals surface area contributed by atoms with Gasteiger partial charge in [-0.25, -0.2) is 0 Å². The molecule has 1 aromatic carbocycles. The quantitative estimate of drug-likeness (QED) is 0.812. The molecule has 2 rings (SSSR count). The van der Waals surface area contributed by atoms with E-state index in [1.165, 1.54) is 0 Å². The number of rotatable bonds is 3. The van der Waals surface area contributed by atoms with Crippen molar-refractivity contribution in [3.05, 3.63) is 35.7 Å². The molecule has 0 fully saturated rings. The topological polar surface area (TPSA) is 62.7 Å². The van der Waals surface area contributed by atoms with E-state index in [9.17, 15) is 0 Å². The molecule has 0 aliphatic rings. The predicted octanol–water partition coefficient (Wildman–Crippen LogP) is 2.47. The molecule has 80 valence electrons. The van der Waals surface area contributed by atoms with E-state index in [1.54, 1.807) is 30.0 Å². The summed E-state index contributed by atoms with van der Waals surface area (Å²) in [5, 5.41) is 12.6. The molecular weight excluding hydrogens is 222 g/mol. The first-order chi connectivity index (χ1) is 7.83. The van der Waals surface area contributed by atoms with Crippen LogP contribution in [0.3, 0.4) is 0 Å². The SMILES string of the molecule is CSCc1noc(-c2cccc(C#N)c2)n1. The normalized spacial score (nSPS) is 10.0. The van der Waals surface area contributed by atoms with E-state index in [0.29, 0.717) is 17.3 Å². The fourth-order valence-electron chi connectivity index (χ4n) is 1.28. The molecule has 0 saturated heterocycles. The summed E-state index contributed by atoms with van der Waals surface area (Å²) in [6.07, 6.45) is 1.98. The van der Waals surface area contributed by atoms with Crippen LogP contribution >= 0.6 is 11.8 Å². The van der Waals surface area contributed by atoms with Crippen molar-refractivity contribution in [3.63, 3.8) is 0 Å². The molecule has 0 bridgehead atoms. The van der Waals surface area contributed by atoms with Gasteiger partial charge in [-0.3, -0.25) is 0 Å². The van der Waals surface area contributed by atoms with Crippen LogP contribution in [0.25, 0.3) is 11.5 Å². The second-order valence-corrected chi connectivity index (χ2v) is 4.01. The molecule has 4 nitrogen and oxygen atoms in total. The van der Waals surface area contributed by atoms with Crippen molar-refractivity contribution in [2.75, 3.05) is 6.26 Å². The maximum atomic E-state index is 8.78. The lowest BCUT2D eigenvalue weighted by Crippen LogP contribution is -1.83. The Balaban J connectivity index is 2.32. The van der Waals surface area contributed by atoms with E-state index in [2.05, 4.69) is 16.2 Å². The monoisotopic (exact) mass is 231 g/mol. The van der Waals surface area contributed by atoms with Crippen molar-refractivity contribution in [3.8, 4) is 17.5 Å². The maximum absolute atomic E-state index is 8.78. The highest BCUT2D eigenvalue weighted by Gasteiger charge is 2.08. The molecule has 0 aliphatic carbocycles. The van der Waals surface area contributed by atoms with Crippen LogP contribution in [0.2, 0.25) is 0 Å². The Bertz CT molecular complexity index is 530. The number of nitriles is 1. The molecule has 0 saturated carbocycles. The molecule has 0 spiro atoms. The third-order valence-corrected chi connectivity index (χ3v) is 2.53. The van der Waals surface area contributed by atoms with Gasteiger partial charge in [0.2, 0.25) is 0 Å². The highest BCUT2D eigenvalue weighted by molar-refractivity contribution is 7.97. The second kappa shape index (κ2) is 4.81. The summed E-state index contributed by atoms with van der Waals surface area (Å²) in [6, 6.07) is 9.19. The summed E-state index contributed by atoms with van der Waals surface area (Å²) in [4.78, 5) is 4.24. The number of hydrogen-bond donors (Lipinski definition) is 0. The third kappa shape index (κ3) is 2.23. The lowest BCUT2D eigenvalue weighted by atomic mass is 10.1. The van der Waals surface area contributed by atoms with Crippen molar-refractivity contribution in [2.24, 2.45) is 0 Å². The van der Waals surface area contributed by atoms with Crippen molar-refractivity contribution in [1.82, 2.24) is 10.1 Å². The summed E-state index contributed by atoms with van der Waals surface area (Å²) in [5.41, 5.74) is 1.36. The summed E-state index contributed by atoms with van der Waals surface area (Å²) in [5.74, 6) is 1.85. The van der Waals surface area contributed by atoms with Crippen LogP contribution in [0.5, 0.6) is 0 Å². The van der Waals surface area contributed by atoms with Gasteiger partial charge in [0.05, 0.1) is 17.4 Å². The minimum atomic E-state index is 0.459. The molecule has 1 aromatic heterocycles. The molecule has 2 aromatic rings. The third-order valence-electron chi connectivity index (χ3n) is 1.98. The van der Waals surface area contributed by atoms with Gasteiger partial charge in [-0.05, 0) is 24.5 Å². The van der Waals surface area contributed by atoms with Crippen LogP contribution in [0, 0.1) is 11.3 Å². The first-order valence-corrected chi connectivity index (χ1v) is 6.05. The summed E-state index contributed by atoms with van der Waals surface area (Å²) >= 11 is 1.63. The zero-order valence-corrected chi connectivity index (χ0v) is 9.49. The minimum Gasteiger partial charge on any atom is -0.334 e. The van der Waals surface area contributed by atoms with Crippen LogP contribution in [-0.4, -0.2) is 16.4 Å². The van der Waals surface area contributed by atoms with Gasteiger partial charge in [0.15, 0.2) is 5.82 Å². The van der Waals surface area contributed by atoms with Crippen LogP contribution in [0.15, 0.2) is 28.8 Å². The molecule has 5 heteroatoms. The smallest absolute Gasteiger partial charge is 0.257 e. The Hall–Kier alpha value is -1.80. The van der Waals surface area contributed by atoms with Crippen molar-refractivity contribution >= 4 is 11.8 Å². The zero-order valence-electron chi connectivity index (χ0n) is 8.67. The molecule has 0 aliphatic heterocycles. The minimum absolute atomic E-state index is 0.459. The van der Waals surface area contributed by atoms with Gasteiger partial charge in [0.25, 0.3) is 5.89 Å². The Morgan fingerprint density at radius 2 is 2.38 bits per heavy atom. The molecule has 16 heavy (non-hydrogen) atoms. The van der Waals surface area contributed by atoms with Crippen molar-refractivity contribution in [2.45, 2.75) is 5.75 Å². The summed E-state index contributed by atoms with van der Waals surface area (Å²) < 4.78 is 5.12. The van der Waals surface area contributed by atoms with E-state index in [4.69, 9.17) is 9.78 Å². The lowest BCUT2D eigenvalue weighted by molar-refractivity contribution is 0.425. The summed E-state index contributed by atoms with van der Waals surface area (Å²) in [7, 11) is 0. The molecule has 0 amide bonds. The average molecular weight is 231 g/mol. The molecule has 0 unspecified atom stereocenters. The number of benzene rings is 1. The van der Waals surface area contributed by atoms with Gasteiger partial charge in [-0.2, -0.15) is 22.0 Å². The fraction of sp³-hybridized carbons (Fsp3) is 0.182. The second-order valence-electron chi connectivity index (χ2n) is 3.14. The molecular formula is C11H9N3OS. The Morgan fingerprint density at radius 3 is 3.12 bits per heavy atom. The molecule has 0 radical (unpaired) electrons. The largest absolute Gasteiger partial charge is 0.334 e. The van der Waals surface area contributed by atoms with Crippen LogP contribution in [0.1, 0.15) is 11.4 Å². The van der Waals surface area contributed by atoms with E-state index >= 15 is 0 Å². The Morgan fingerprint density at radius 1 is 1.50 bits per heavy atom. The van der Waals surface area contributed by atoms with Crippen molar-refractivity contribution in [1.29, 1.82) is 5.26 Å². The standard InChI is InChI=1S/C11H9N3OS/c1-16-7-10-13-11(15-14-10)9-4-2-3-8(5-9)6-12/h2-5H,7H2,1H3. The van der Waals surface area contributed by atoms with E-state index < -0.39 is 0 Å².